The first-order valence-corrected chi connectivity index (χ1v) is 6.43. The van der Waals surface area contributed by atoms with Crippen molar-refractivity contribution in [2.75, 3.05) is 4.90 Å². The second-order valence-electron chi connectivity index (χ2n) is 4.71. The molecule has 20 heavy (non-hydrogen) atoms. The summed E-state index contributed by atoms with van der Waals surface area (Å²) in [4.78, 5) is 17.7. The lowest BCUT2D eigenvalue weighted by Gasteiger charge is -2.24. The maximum Gasteiger partial charge on any atom is 0.357 e. The van der Waals surface area contributed by atoms with Crippen molar-refractivity contribution in [3.05, 3.63) is 60.2 Å². The fourth-order valence-electron chi connectivity index (χ4n) is 2.70. The molecular formula is C15H12N4O. The molecule has 2 aromatic carbocycles. The highest BCUT2D eigenvalue weighted by Crippen LogP contribution is 2.41. The molecule has 2 heterocycles. The van der Waals surface area contributed by atoms with E-state index in [0.717, 1.165) is 16.9 Å². The Balaban J connectivity index is 1.94. The molecule has 0 bridgehead atoms. The second-order valence-corrected chi connectivity index (χ2v) is 4.71. The lowest BCUT2D eigenvalue weighted by atomic mass is 10.1. The van der Waals surface area contributed by atoms with Gasteiger partial charge in [0.2, 0.25) is 0 Å². The summed E-state index contributed by atoms with van der Waals surface area (Å²) >= 11 is 0. The summed E-state index contributed by atoms with van der Waals surface area (Å²) < 4.78 is 0. The minimum absolute atomic E-state index is 0.107. The van der Waals surface area contributed by atoms with Gasteiger partial charge in [-0.15, -0.1) is 0 Å². The van der Waals surface area contributed by atoms with E-state index in [2.05, 4.69) is 15.8 Å². The largest absolute Gasteiger partial charge is 0.357 e. The van der Waals surface area contributed by atoms with Crippen LogP contribution in [0.15, 0.2) is 59.6 Å². The molecule has 2 amide bonds. The molecule has 0 saturated heterocycles. The molecule has 2 aromatic rings. The second kappa shape index (κ2) is 4.18. The highest BCUT2D eigenvalue weighted by molar-refractivity contribution is 6.17. The first-order valence-electron chi connectivity index (χ1n) is 6.43. The number of urea groups is 1. The van der Waals surface area contributed by atoms with Crippen molar-refractivity contribution in [1.29, 1.82) is 0 Å². The Morgan fingerprint density at radius 1 is 1.00 bits per heavy atom. The van der Waals surface area contributed by atoms with Crippen molar-refractivity contribution in [2.24, 2.45) is 4.99 Å². The summed E-state index contributed by atoms with van der Waals surface area (Å²) in [7, 11) is 0. The molecule has 5 heteroatoms. The van der Waals surface area contributed by atoms with Crippen LogP contribution in [0.25, 0.3) is 0 Å². The predicted molar refractivity (Wildman–Crippen MR) is 76.9 cm³/mol. The smallest absolute Gasteiger partial charge is 0.296 e. The van der Waals surface area contributed by atoms with Gasteiger partial charge in [0.25, 0.3) is 0 Å². The third kappa shape index (κ3) is 1.53. The van der Waals surface area contributed by atoms with E-state index in [1.165, 1.54) is 0 Å². The van der Waals surface area contributed by atoms with Gasteiger partial charge in [0, 0.05) is 11.3 Å². The van der Waals surface area contributed by atoms with Crippen LogP contribution < -0.4 is 15.8 Å². The van der Waals surface area contributed by atoms with Crippen LogP contribution in [0.4, 0.5) is 16.2 Å². The summed E-state index contributed by atoms with van der Waals surface area (Å²) in [6.07, 6.45) is 0. The lowest BCUT2D eigenvalue weighted by Crippen LogP contribution is -2.47. The molecule has 4 rings (SSSR count). The van der Waals surface area contributed by atoms with Crippen LogP contribution in [0.2, 0.25) is 0 Å². The topological polar surface area (TPSA) is 56.7 Å². The van der Waals surface area contributed by atoms with E-state index < -0.39 is 0 Å². The number of anilines is 2. The van der Waals surface area contributed by atoms with Crippen molar-refractivity contribution in [2.45, 2.75) is 6.04 Å². The third-order valence-corrected chi connectivity index (χ3v) is 3.53. The Kier molecular flexibility index (Phi) is 2.34. The molecule has 5 nitrogen and oxygen atoms in total. The van der Waals surface area contributed by atoms with Gasteiger partial charge >= 0.3 is 6.03 Å². The van der Waals surface area contributed by atoms with Crippen LogP contribution in [-0.2, 0) is 0 Å². The van der Waals surface area contributed by atoms with Gasteiger partial charge in [-0.3, -0.25) is 10.3 Å². The molecule has 98 valence electrons. The number of aliphatic imine (C=N–C) groups is 1. The van der Waals surface area contributed by atoms with E-state index in [1.54, 1.807) is 0 Å². The number of rotatable bonds is 1. The highest BCUT2D eigenvalue weighted by Gasteiger charge is 2.38. The van der Waals surface area contributed by atoms with Gasteiger partial charge in [-0.1, -0.05) is 36.4 Å². The van der Waals surface area contributed by atoms with E-state index in [4.69, 9.17) is 0 Å². The van der Waals surface area contributed by atoms with Crippen LogP contribution in [0.1, 0.15) is 11.6 Å². The number of carbonyl (C=O) groups excluding carboxylic acids is 1. The monoisotopic (exact) mass is 264 g/mol. The Hall–Kier alpha value is -2.66. The van der Waals surface area contributed by atoms with E-state index in [1.807, 2.05) is 59.5 Å². The maximum absolute atomic E-state index is 11.5. The normalized spacial score (nSPS) is 20.0. The van der Waals surface area contributed by atoms with Crippen LogP contribution in [-0.4, -0.2) is 11.9 Å². The number of nitrogens with one attached hydrogen (secondary N) is 2. The predicted octanol–water partition coefficient (Wildman–Crippen LogP) is 2.51. The summed E-state index contributed by atoms with van der Waals surface area (Å²) in [5.74, 6) is 0.709. The Morgan fingerprint density at radius 2 is 1.75 bits per heavy atom. The fourth-order valence-corrected chi connectivity index (χ4v) is 2.70. The minimum atomic E-state index is -0.370. The molecule has 0 fully saturated rings. The molecular weight excluding hydrogens is 252 g/mol. The van der Waals surface area contributed by atoms with Crippen LogP contribution >= 0.6 is 0 Å². The Morgan fingerprint density at radius 3 is 2.60 bits per heavy atom. The summed E-state index contributed by atoms with van der Waals surface area (Å²) in [5.41, 5.74) is 8.73. The van der Waals surface area contributed by atoms with Crippen molar-refractivity contribution < 1.29 is 4.79 Å². The SMILES string of the molecule is O=C1N=C2C(NN1)c1ccccc1N2c1ccccc1. The zero-order valence-electron chi connectivity index (χ0n) is 10.6. The Bertz CT molecular complexity index is 711. The van der Waals surface area contributed by atoms with Gasteiger partial charge in [0.1, 0.15) is 11.9 Å². The summed E-state index contributed by atoms with van der Waals surface area (Å²) in [6, 6.07) is 17.5. The first kappa shape index (κ1) is 11.2. The number of hydrogen-bond donors (Lipinski definition) is 2. The molecule has 2 N–H and O–H groups in total. The molecule has 1 unspecified atom stereocenters. The standard InChI is InChI=1S/C15H12N4O/c20-15-16-14-13(17-18-15)11-8-4-5-9-12(11)19(14)10-6-2-1-3-7-10/h1-9,13,17H,(H,18,20). The zero-order valence-corrected chi connectivity index (χ0v) is 10.6. The van der Waals surface area contributed by atoms with E-state index in [9.17, 15) is 4.79 Å². The minimum Gasteiger partial charge on any atom is -0.296 e. The van der Waals surface area contributed by atoms with Gasteiger partial charge in [-0.2, -0.15) is 4.99 Å². The number of hydrazine groups is 1. The molecule has 2 aliphatic rings. The number of para-hydroxylation sites is 2. The van der Waals surface area contributed by atoms with E-state index in [-0.39, 0.29) is 12.1 Å². The number of carbonyl (C=O) groups is 1. The number of fused-ring (bicyclic) bond motifs is 3. The average molecular weight is 264 g/mol. The molecule has 0 saturated carbocycles. The molecule has 1 atom stereocenters. The fraction of sp³-hybridized carbons (Fsp3) is 0.0667. The van der Waals surface area contributed by atoms with Gasteiger partial charge in [-0.05, 0) is 18.2 Å². The molecule has 0 aromatic heterocycles. The number of amides is 2. The average Bonchev–Trinajstić information content (AvgIpc) is 2.81. The van der Waals surface area contributed by atoms with Crippen molar-refractivity contribution in [1.82, 2.24) is 10.9 Å². The number of benzene rings is 2. The lowest BCUT2D eigenvalue weighted by molar-refractivity contribution is 0.242. The number of amidine groups is 1. The molecule has 0 aliphatic carbocycles. The third-order valence-electron chi connectivity index (χ3n) is 3.53. The van der Waals surface area contributed by atoms with Crippen molar-refractivity contribution in [3.8, 4) is 0 Å². The summed E-state index contributed by atoms with van der Waals surface area (Å²) in [5, 5.41) is 0. The van der Waals surface area contributed by atoms with Crippen LogP contribution in [0, 0.1) is 0 Å². The molecule has 0 radical (unpaired) electrons. The van der Waals surface area contributed by atoms with Crippen molar-refractivity contribution >= 4 is 23.2 Å². The van der Waals surface area contributed by atoms with Gasteiger partial charge in [0.15, 0.2) is 0 Å². The Labute approximate surface area is 115 Å². The summed E-state index contributed by atoms with van der Waals surface area (Å²) in [6.45, 7) is 0. The molecule has 0 spiro atoms. The maximum atomic E-state index is 11.5. The number of nitrogens with zero attached hydrogens (tertiary/aromatic N) is 2. The van der Waals surface area contributed by atoms with Crippen LogP contribution in [0.3, 0.4) is 0 Å². The quantitative estimate of drug-likeness (QED) is 0.832. The van der Waals surface area contributed by atoms with Gasteiger partial charge < -0.3 is 0 Å². The molecule has 2 aliphatic heterocycles. The van der Waals surface area contributed by atoms with Crippen LogP contribution in [0.5, 0.6) is 0 Å². The number of hydrogen-bond acceptors (Lipinski definition) is 3. The highest BCUT2D eigenvalue weighted by atomic mass is 16.2. The van der Waals surface area contributed by atoms with Gasteiger partial charge in [-0.25, -0.2) is 10.2 Å². The first-order chi connectivity index (χ1) is 9.84. The van der Waals surface area contributed by atoms with Crippen molar-refractivity contribution in [3.63, 3.8) is 0 Å². The van der Waals surface area contributed by atoms with E-state index >= 15 is 0 Å². The van der Waals surface area contributed by atoms with Gasteiger partial charge in [0.05, 0.1) is 5.69 Å². The zero-order chi connectivity index (χ0) is 13.5. The van der Waals surface area contributed by atoms with E-state index in [0.29, 0.717) is 5.84 Å².